The first-order chi connectivity index (χ1) is 10.7. The van der Waals surface area contributed by atoms with E-state index in [0.717, 1.165) is 32.0 Å². The number of likely N-dealkylation sites (tertiary alicyclic amines) is 2. The number of amides is 1. The van der Waals surface area contributed by atoms with E-state index in [0.29, 0.717) is 19.1 Å². The van der Waals surface area contributed by atoms with Crippen LogP contribution in [0.5, 0.6) is 0 Å². The minimum absolute atomic E-state index is 0.244. The molecule has 22 heavy (non-hydrogen) atoms. The molecule has 0 radical (unpaired) electrons. The van der Waals surface area contributed by atoms with Crippen molar-refractivity contribution in [2.24, 2.45) is 11.8 Å². The van der Waals surface area contributed by atoms with Gasteiger partial charge in [-0.25, -0.2) is 0 Å². The van der Waals surface area contributed by atoms with Gasteiger partial charge in [-0.15, -0.1) is 0 Å². The highest BCUT2D eigenvalue weighted by atomic mass is 16.5. The molecule has 0 aromatic rings. The van der Waals surface area contributed by atoms with Crippen LogP contribution < -0.4 is 5.32 Å². The van der Waals surface area contributed by atoms with E-state index in [1.807, 2.05) is 0 Å². The predicted molar refractivity (Wildman–Crippen MR) is 88.9 cm³/mol. The molecule has 0 aromatic heterocycles. The standard InChI is InChI=1S/C17H33N3O2/c1-15-5-9-19(10-6-15)13-16-4-3-8-20(14-16)17(21)12-18-7-11-22-2/h15-16,18H,3-14H2,1-2H3. The maximum Gasteiger partial charge on any atom is 0.236 e. The summed E-state index contributed by atoms with van der Waals surface area (Å²) >= 11 is 0. The molecule has 1 atom stereocenters. The van der Waals surface area contributed by atoms with E-state index in [1.54, 1.807) is 7.11 Å². The third-order valence-electron chi connectivity index (χ3n) is 5.02. The van der Waals surface area contributed by atoms with Crippen LogP contribution in [0.1, 0.15) is 32.6 Å². The van der Waals surface area contributed by atoms with E-state index in [2.05, 4.69) is 22.0 Å². The number of carbonyl (C=O) groups is 1. The summed E-state index contributed by atoms with van der Waals surface area (Å²) in [4.78, 5) is 16.9. The van der Waals surface area contributed by atoms with Crippen molar-refractivity contribution in [2.45, 2.75) is 32.6 Å². The Kier molecular flexibility index (Phi) is 7.63. The summed E-state index contributed by atoms with van der Waals surface area (Å²) in [5, 5.41) is 3.16. The highest BCUT2D eigenvalue weighted by molar-refractivity contribution is 5.78. The van der Waals surface area contributed by atoms with E-state index < -0.39 is 0 Å². The number of hydrogen-bond donors (Lipinski definition) is 1. The van der Waals surface area contributed by atoms with Crippen molar-refractivity contribution in [1.29, 1.82) is 0 Å². The fourth-order valence-electron chi connectivity index (χ4n) is 3.53. The van der Waals surface area contributed by atoms with Gasteiger partial charge >= 0.3 is 0 Å². The highest BCUT2D eigenvalue weighted by Crippen LogP contribution is 2.21. The van der Waals surface area contributed by atoms with Gasteiger partial charge < -0.3 is 19.9 Å². The smallest absolute Gasteiger partial charge is 0.236 e. The monoisotopic (exact) mass is 311 g/mol. The average Bonchev–Trinajstić information content (AvgIpc) is 2.54. The summed E-state index contributed by atoms with van der Waals surface area (Å²) in [6, 6.07) is 0. The van der Waals surface area contributed by atoms with Crippen molar-refractivity contribution in [1.82, 2.24) is 15.1 Å². The topological polar surface area (TPSA) is 44.8 Å². The Morgan fingerprint density at radius 1 is 1.23 bits per heavy atom. The fraction of sp³-hybridized carbons (Fsp3) is 0.941. The number of hydrogen-bond acceptors (Lipinski definition) is 4. The molecular formula is C17H33N3O2. The number of piperidine rings is 2. The molecule has 0 aromatic carbocycles. The molecule has 1 N–H and O–H groups in total. The van der Waals surface area contributed by atoms with Gasteiger partial charge in [-0.1, -0.05) is 6.92 Å². The van der Waals surface area contributed by atoms with E-state index in [1.165, 1.54) is 38.9 Å². The normalized spacial score (nSPS) is 24.6. The second kappa shape index (κ2) is 9.48. The van der Waals surface area contributed by atoms with Crippen LogP contribution in [-0.2, 0) is 9.53 Å². The van der Waals surface area contributed by atoms with Crippen molar-refractivity contribution in [2.75, 3.05) is 59.5 Å². The van der Waals surface area contributed by atoms with Crippen LogP contribution in [0.4, 0.5) is 0 Å². The largest absolute Gasteiger partial charge is 0.383 e. The van der Waals surface area contributed by atoms with Gasteiger partial charge in [0, 0.05) is 33.3 Å². The van der Waals surface area contributed by atoms with E-state index in [-0.39, 0.29) is 5.91 Å². The van der Waals surface area contributed by atoms with Crippen LogP contribution >= 0.6 is 0 Å². The number of nitrogens with zero attached hydrogens (tertiary/aromatic N) is 2. The Bertz CT molecular complexity index is 330. The molecule has 5 nitrogen and oxygen atoms in total. The number of rotatable bonds is 7. The minimum atomic E-state index is 0.244. The first kappa shape index (κ1) is 17.7. The number of ether oxygens (including phenoxy) is 1. The molecule has 0 saturated carbocycles. The second-order valence-electron chi connectivity index (χ2n) is 7.00. The molecular weight excluding hydrogens is 278 g/mol. The lowest BCUT2D eigenvalue weighted by Crippen LogP contribution is -2.47. The molecule has 0 spiro atoms. The van der Waals surface area contributed by atoms with Gasteiger partial charge in [0.25, 0.3) is 0 Å². The zero-order valence-electron chi connectivity index (χ0n) is 14.4. The zero-order valence-corrected chi connectivity index (χ0v) is 14.4. The summed E-state index contributed by atoms with van der Waals surface area (Å²) < 4.78 is 4.99. The molecule has 2 aliphatic heterocycles. The second-order valence-corrected chi connectivity index (χ2v) is 7.00. The summed E-state index contributed by atoms with van der Waals surface area (Å²) in [6.45, 7) is 9.72. The maximum atomic E-state index is 12.3. The Morgan fingerprint density at radius 2 is 2.00 bits per heavy atom. The van der Waals surface area contributed by atoms with Gasteiger partial charge in [0.05, 0.1) is 13.2 Å². The minimum Gasteiger partial charge on any atom is -0.383 e. The van der Waals surface area contributed by atoms with E-state index >= 15 is 0 Å². The Balaban J connectivity index is 1.68. The number of nitrogens with one attached hydrogen (secondary N) is 1. The Hall–Kier alpha value is -0.650. The van der Waals surface area contributed by atoms with Gasteiger partial charge in [0.15, 0.2) is 0 Å². The fourth-order valence-corrected chi connectivity index (χ4v) is 3.53. The van der Waals surface area contributed by atoms with E-state index in [9.17, 15) is 4.79 Å². The van der Waals surface area contributed by atoms with Crippen molar-refractivity contribution in [3.8, 4) is 0 Å². The molecule has 128 valence electrons. The highest BCUT2D eigenvalue weighted by Gasteiger charge is 2.26. The van der Waals surface area contributed by atoms with Crippen molar-refractivity contribution in [3.63, 3.8) is 0 Å². The zero-order chi connectivity index (χ0) is 15.8. The summed E-state index contributed by atoms with van der Waals surface area (Å²) in [7, 11) is 1.68. The van der Waals surface area contributed by atoms with Crippen molar-refractivity contribution < 1.29 is 9.53 Å². The van der Waals surface area contributed by atoms with Crippen molar-refractivity contribution in [3.05, 3.63) is 0 Å². The van der Waals surface area contributed by atoms with Gasteiger partial charge in [0.2, 0.25) is 5.91 Å². The lowest BCUT2D eigenvalue weighted by molar-refractivity contribution is -0.132. The lowest BCUT2D eigenvalue weighted by Gasteiger charge is -2.38. The third kappa shape index (κ3) is 5.86. The molecule has 1 amide bonds. The molecule has 1 unspecified atom stereocenters. The lowest BCUT2D eigenvalue weighted by atomic mass is 9.94. The summed E-state index contributed by atoms with van der Waals surface area (Å²) in [6.07, 6.45) is 5.09. The Morgan fingerprint density at radius 3 is 2.73 bits per heavy atom. The molecule has 0 bridgehead atoms. The maximum absolute atomic E-state index is 12.3. The predicted octanol–water partition coefficient (Wildman–Crippen LogP) is 1.19. The summed E-state index contributed by atoms with van der Waals surface area (Å²) in [5.41, 5.74) is 0. The Labute approximate surface area is 135 Å². The van der Waals surface area contributed by atoms with Gasteiger partial charge in [-0.3, -0.25) is 4.79 Å². The molecule has 2 heterocycles. The molecule has 2 saturated heterocycles. The quantitative estimate of drug-likeness (QED) is 0.718. The van der Waals surface area contributed by atoms with Crippen LogP contribution in [0.15, 0.2) is 0 Å². The molecule has 2 fully saturated rings. The van der Waals surface area contributed by atoms with E-state index in [4.69, 9.17) is 4.74 Å². The van der Waals surface area contributed by atoms with Crippen molar-refractivity contribution >= 4 is 5.91 Å². The van der Waals surface area contributed by atoms with Crippen LogP contribution in [0.2, 0.25) is 0 Å². The van der Waals surface area contributed by atoms with Gasteiger partial charge in [-0.2, -0.15) is 0 Å². The SMILES string of the molecule is COCCNCC(=O)N1CCCC(CN2CCC(C)CC2)C1. The number of carbonyl (C=O) groups excluding carboxylic acids is 1. The van der Waals surface area contributed by atoms with Gasteiger partial charge in [0.1, 0.15) is 0 Å². The van der Waals surface area contributed by atoms with Crippen LogP contribution in [0.25, 0.3) is 0 Å². The molecule has 2 rings (SSSR count). The first-order valence-corrected chi connectivity index (χ1v) is 8.89. The molecule has 0 aliphatic carbocycles. The molecule has 5 heteroatoms. The van der Waals surface area contributed by atoms with Crippen LogP contribution in [0.3, 0.4) is 0 Å². The van der Waals surface area contributed by atoms with Crippen LogP contribution in [-0.4, -0.2) is 75.2 Å². The molecule has 2 aliphatic rings. The average molecular weight is 311 g/mol. The first-order valence-electron chi connectivity index (χ1n) is 8.89. The van der Waals surface area contributed by atoms with Crippen LogP contribution in [0, 0.1) is 11.8 Å². The summed E-state index contributed by atoms with van der Waals surface area (Å²) in [5.74, 6) is 1.79. The van der Waals surface area contributed by atoms with Gasteiger partial charge in [-0.05, 0) is 50.6 Å². The third-order valence-corrected chi connectivity index (χ3v) is 5.02. The number of methoxy groups -OCH3 is 1.